The van der Waals surface area contributed by atoms with Crippen LogP contribution >= 0.6 is 0 Å². The van der Waals surface area contributed by atoms with Crippen LogP contribution in [0, 0.1) is 0 Å². The summed E-state index contributed by atoms with van der Waals surface area (Å²) in [6.07, 6.45) is 2.45. The van der Waals surface area contributed by atoms with Crippen LogP contribution < -0.4 is 4.74 Å². The maximum absolute atomic E-state index is 10.5. The average Bonchev–Trinajstić information content (AvgIpc) is 2.46. The summed E-state index contributed by atoms with van der Waals surface area (Å²) in [6.45, 7) is 2.99. The lowest BCUT2D eigenvalue weighted by Gasteiger charge is -2.35. The summed E-state index contributed by atoms with van der Waals surface area (Å²) in [6, 6.07) is 8.16. The van der Waals surface area contributed by atoms with E-state index in [1.54, 1.807) is 7.11 Å². The van der Waals surface area contributed by atoms with Crippen LogP contribution in [-0.4, -0.2) is 56.1 Å². The minimum Gasteiger partial charge on any atom is -0.497 e. The van der Waals surface area contributed by atoms with Crippen LogP contribution in [0.4, 0.5) is 0 Å². The maximum atomic E-state index is 10.5. The molecule has 112 valence electrons. The van der Waals surface area contributed by atoms with Crippen molar-refractivity contribution in [1.29, 1.82) is 0 Å². The number of nitrogens with zero attached hydrogens (tertiary/aromatic N) is 1. The van der Waals surface area contributed by atoms with Crippen molar-refractivity contribution in [2.45, 2.75) is 24.9 Å². The van der Waals surface area contributed by atoms with E-state index in [0.29, 0.717) is 19.8 Å². The average molecular weight is 279 g/mol. The summed E-state index contributed by atoms with van der Waals surface area (Å²) >= 11 is 0. The number of methoxy groups -OCH3 is 1. The Morgan fingerprint density at radius 2 is 1.90 bits per heavy atom. The smallest absolute Gasteiger partial charge is 0.118 e. The Morgan fingerprint density at radius 3 is 2.50 bits per heavy atom. The predicted molar refractivity (Wildman–Crippen MR) is 79.2 cm³/mol. The molecule has 1 aromatic rings. The van der Waals surface area contributed by atoms with Crippen molar-refractivity contribution in [3.63, 3.8) is 0 Å². The number of rotatable bonds is 6. The lowest BCUT2D eigenvalue weighted by atomic mass is 9.94. The van der Waals surface area contributed by atoms with Gasteiger partial charge in [0.2, 0.25) is 0 Å². The van der Waals surface area contributed by atoms with Crippen molar-refractivity contribution >= 4 is 0 Å². The molecule has 0 unspecified atom stereocenters. The summed E-state index contributed by atoms with van der Waals surface area (Å²) < 4.78 is 10.5. The molecule has 4 heteroatoms. The molecule has 0 bridgehead atoms. The molecule has 1 fully saturated rings. The zero-order valence-electron chi connectivity index (χ0n) is 12.5. The minimum absolute atomic E-state index is 0.576. The Bertz CT molecular complexity index is 399. The van der Waals surface area contributed by atoms with Crippen molar-refractivity contribution < 1.29 is 14.6 Å². The molecule has 0 amide bonds. The summed E-state index contributed by atoms with van der Waals surface area (Å²) in [5.74, 6) is 0.888. The fourth-order valence-corrected chi connectivity index (χ4v) is 2.60. The summed E-state index contributed by atoms with van der Waals surface area (Å²) in [4.78, 5) is 2.20. The Morgan fingerprint density at radius 1 is 1.25 bits per heavy atom. The molecule has 0 atom stereocenters. The molecule has 1 N–H and O–H groups in total. The van der Waals surface area contributed by atoms with E-state index >= 15 is 0 Å². The van der Waals surface area contributed by atoms with E-state index in [4.69, 9.17) is 9.47 Å². The van der Waals surface area contributed by atoms with Gasteiger partial charge in [-0.25, -0.2) is 0 Å². The number of likely N-dealkylation sites (N-methyl/N-ethyl adjacent to an activating group) is 1. The number of hydrogen-bond acceptors (Lipinski definition) is 4. The van der Waals surface area contributed by atoms with Gasteiger partial charge in [-0.2, -0.15) is 0 Å². The normalized spacial score (nSPS) is 18.2. The van der Waals surface area contributed by atoms with E-state index in [0.717, 1.165) is 31.6 Å². The van der Waals surface area contributed by atoms with Gasteiger partial charge in [-0.1, -0.05) is 12.1 Å². The minimum atomic E-state index is -0.576. The molecule has 0 aliphatic carbocycles. The van der Waals surface area contributed by atoms with Crippen LogP contribution in [-0.2, 0) is 11.2 Å². The molecule has 2 rings (SSSR count). The summed E-state index contributed by atoms with van der Waals surface area (Å²) in [5.41, 5.74) is 0.712. The number of aliphatic hydroxyl groups is 1. The zero-order valence-corrected chi connectivity index (χ0v) is 12.5. The highest BCUT2D eigenvalue weighted by molar-refractivity contribution is 5.27. The molecule has 0 spiro atoms. The van der Waals surface area contributed by atoms with Crippen molar-refractivity contribution in [3.8, 4) is 5.75 Å². The number of ether oxygens (including phenoxy) is 2. The van der Waals surface area contributed by atoms with Gasteiger partial charge in [-0.05, 0) is 31.2 Å². The monoisotopic (exact) mass is 279 g/mol. The number of hydrogen-bond donors (Lipinski definition) is 1. The third-order valence-electron chi connectivity index (χ3n) is 3.93. The van der Waals surface area contributed by atoms with Gasteiger partial charge in [-0.3, -0.25) is 0 Å². The third-order valence-corrected chi connectivity index (χ3v) is 3.93. The lowest BCUT2D eigenvalue weighted by Crippen LogP contribution is -2.46. The first-order valence-corrected chi connectivity index (χ1v) is 7.23. The fourth-order valence-electron chi connectivity index (χ4n) is 2.60. The topological polar surface area (TPSA) is 41.9 Å². The van der Waals surface area contributed by atoms with E-state index in [-0.39, 0.29) is 0 Å². The molecule has 1 saturated heterocycles. The van der Waals surface area contributed by atoms with Crippen molar-refractivity contribution in [2.75, 3.05) is 40.5 Å². The molecule has 4 nitrogen and oxygen atoms in total. The molecule has 0 radical (unpaired) electrons. The Kier molecular flexibility index (Phi) is 5.40. The van der Waals surface area contributed by atoms with Gasteiger partial charge < -0.3 is 19.5 Å². The molecular weight excluding hydrogens is 254 g/mol. The van der Waals surface area contributed by atoms with Crippen LogP contribution in [0.5, 0.6) is 5.75 Å². The standard InChI is InChI=1S/C16H25NO3/c1-17(13-16(18)8-11-20-12-9-16)10-7-14-3-5-15(19-2)6-4-14/h3-6,18H,7-13H2,1-2H3. The molecule has 1 heterocycles. The van der Waals surface area contributed by atoms with Crippen LogP contribution in [0.15, 0.2) is 24.3 Å². The molecule has 0 saturated carbocycles. The van der Waals surface area contributed by atoms with Crippen LogP contribution in [0.25, 0.3) is 0 Å². The highest BCUT2D eigenvalue weighted by Gasteiger charge is 2.30. The molecule has 1 aromatic carbocycles. The SMILES string of the molecule is COc1ccc(CCN(C)CC2(O)CCOCC2)cc1. The van der Waals surface area contributed by atoms with Crippen LogP contribution in [0.1, 0.15) is 18.4 Å². The second kappa shape index (κ2) is 7.07. The van der Waals surface area contributed by atoms with E-state index in [1.807, 2.05) is 12.1 Å². The largest absolute Gasteiger partial charge is 0.497 e. The summed E-state index contributed by atoms with van der Waals surface area (Å²) in [7, 11) is 3.74. The van der Waals surface area contributed by atoms with E-state index in [2.05, 4.69) is 24.1 Å². The Hall–Kier alpha value is -1.10. The van der Waals surface area contributed by atoms with Gasteiger partial charge >= 0.3 is 0 Å². The highest BCUT2D eigenvalue weighted by Crippen LogP contribution is 2.21. The fraction of sp³-hybridized carbons (Fsp3) is 0.625. The predicted octanol–water partition coefficient (Wildman–Crippen LogP) is 1.71. The van der Waals surface area contributed by atoms with E-state index in [1.165, 1.54) is 5.56 Å². The lowest BCUT2D eigenvalue weighted by molar-refractivity contribution is -0.0767. The Balaban J connectivity index is 1.77. The van der Waals surface area contributed by atoms with Gasteiger partial charge in [0.1, 0.15) is 5.75 Å². The molecule has 0 aromatic heterocycles. The van der Waals surface area contributed by atoms with Crippen molar-refractivity contribution in [1.82, 2.24) is 4.90 Å². The zero-order chi connectivity index (χ0) is 14.4. The Labute approximate surface area is 121 Å². The highest BCUT2D eigenvalue weighted by atomic mass is 16.5. The van der Waals surface area contributed by atoms with E-state index in [9.17, 15) is 5.11 Å². The second-order valence-electron chi connectivity index (χ2n) is 5.67. The number of benzene rings is 1. The first-order valence-electron chi connectivity index (χ1n) is 7.23. The van der Waals surface area contributed by atoms with Gasteiger partial charge in [0.25, 0.3) is 0 Å². The first kappa shape index (κ1) is 15.3. The summed E-state index contributed by atoms with van der Waals surface area (Å²) in [5, 5.41) is 10.5. The second-order valence-corrected chi connectivity index (χ2v) is 5.67. The van der Waals surface area contributed by atoms with Gasteiger partial charge in [-0.15, -0.1) is 0 Å². The van der Waals surface area contributed by atoms with Crippen molar-refractivity contribution in [3.05, 3.63) is 29.8 Å². The molecule has 1 aliphatic heterocycles. The maximum Gasteiger partial charge on any atom is 0.118 e. The molecule has 1 aliphatic rings. The van der Waals surface area contributed by atoms with Gasteiger partial charge in [0, 0.05) is 39.1 Å². The van der Waals surface area contributed by atoms with E-state index < -0.39 is 5.60 Å². The van der Waals surface area contributed by atoms with Crippen LogP contribution in [0.2, 0.25) is 0 Å². The first-order chi connectivity index (χ1) is 9.61. The van der Waals surface area contributed by atoms with Gasteiger partial charge in [0.15, 0.2) is 0 Å². The van der Waals surface area contributed by atoms with Crippen molar-refractivity contribution in [2.24, 2.45) is 0 Å². The molecular formula is C16H25NO3. The quantitative estimate of drug-likeness (QED) is 0.861. The third kappa shape index (κ3) is 4.47. The molecule has 20 heavy (non-hydrogen) atoms. The van der Waals surface area contributed by atoms with Crippen LogP contribution in [0.3, 0.4) is 0 Å². The van der Waals surface area contributed by atoms with Gasteiger partial charge in [0.05, 0.1) is 12.7 Å².